The standard InChI is InChI=1S/C38H42N2O8/c1-39-15-13-26-34-28(39)17-22-7-10-25(11-8-22)47-32-19-23(9-12-30(32)43-3)18-29-27-21-33(31(44-4)20-24(27)14-16-40(29,2)42)48-36(34)38(46-6)37(45-5)35(26)41/h7-12,19-21,28-29,41H,13-18H2,1-6H3/t28-,29-,40?/m0/s1. The van der Waals surface area contributed by atoms with E-state index >= 15 is 0 Å². The molecule has 4 heterocycles. The van der Waals surface area contributed by atoms with Gasteiger partial charge in [-0.2, -0.15) is 0 Å². The number of ether oxygens (including phenoxy) is 6. The topological polar surface area (TPSA) is 102 Å². The second-order valence-corrected chi connectivity index (χ2v) is 13.0. The number of phenols is 1. The average Bonchev–Trinajstić information content (AvgIpc) is 3.08. The Morgan fingerprint density at radius 3 is 2.23 bits per heavy atom. The Morgan fingerprint density at radius 2 is 1.52 bits per heavy atom. The minimum atomic E-state index is -0.443. The minimum Gasteiger partial charge on any atom is -0.633 e. The minimum absolute atomic E-state index is 0.0488. The molecule has 6 bridgehead atoms. The van der Waals surface area contributed by atoms with Crippen molar-refractivity contribution in [2.75, 3.05) is 55.6 Å². The predicted octanol–water partition coefficient (Wildman–Crippen LogP) is 6.88. The number of quaternary nitrogens is 1. The van der Waals surface area contributed by atoms with Crippen LogP contribution in [0.2, 0.25) is 0 Å². The van der Waals surface area contributed by atoms with Crippen molar-refractivity contribution in [3.8, 4) is 51.7 Å². The third-order valence-electron chi connectivity index (χ3n) is 10.2. The van der Waals surface area contributed by atoms with E-state index in [0.29, 0.717) is 72.5 Å². The van der Waals surface area contributed by atoms with E-state index in [-0.39, 0.29) is 17.5 Å². The van der Waals surface area contributed by atoms with Gasteiger partial charge >= 0.3 is 0 Å². The highest BCUT2D eigenvalue weighted by Gasteiger charge is 2.38. The van der Waals surface area contributed by atoms with Crippen LogP contribution in [0.4, 0.5) is 0 Å². The molecule has 8 rings (SSSR count). The van der Waals surface area contributed by atoms with Crippen LogP contribution in [0.3, 0.4) is 0 Å². The number of hydrogen-bond donors (Lipinski definition) is 1. The maximum Gasteiger partial charge on any atom is 0.208 e. The van der Waals surface area contributed by atoms with Crippen molar-refractivity contribution in [1.82, 2.24) is 4.90 Å². The third kappa shape index (κ3) is 5.43. The number of aromatic hydroxyl groups is 1. The summed E-state index contributed by atoms with van der Waals surface area (Å²) in [6, 6.07) is 17.2. The quantitative estimate of drug-likeness (QED) is 0.186. The number of methoxy groups -OCH3 is 4. The third-order valence-corrected chi connectivity index (χ3v) is 10.2. The Bertz CT molecular complexity index is 1860. The van der Waals surface area contributed by atoms with E-state index < -0.39 is 10.7 Å². The lowest BCUT2D eigenvalue weighted by Gasteiger charge is -2.49. The fraction of sp³-hybridized carbons (Fsp3) is 0.368. The summed E-state index contributed by atoms with van der Waals surface area (Å²) in [4.78, 5) is 2.26. The lowest BCUT2D eigenvalue weighted by atomic mass is 9.86. The maximum atomic E-state index is 14.2. The summed E-state index contributed by atoms with van der Waals surface area (Å²) in [5.41, 5.74) is 5.55. The molecule has 1 unspecified atom stereocenters. The Balaban J connectivity index is 1.49. The molecule has 4 aliphatic heterocycles. The number of rotatable bonds is 4. The molecule has 0 aliphatic carbocycles. The van der Waals surface area contributed by atoms with Crippen molar-refractivity contribution in [2.24, 2.45) is 0 Å². The van der Waals surface area contributed by atoms with E-state index in [1.165, 1.54) is 7.11 Å². The van der Waals surface area contributed by atoms with E-state index in [1.807, 2.05) is 42.5 Å². The Kier molecular flexibility index (Phi) is 8.27. The van der Waals surface area contributed by atoms with Crippen LogP contribution in [0, 0.1) is 5.21 Å². The number of hydroxylamine groups is 3. The molecule has 0 radical (unpaired) electrons. The average molecular weight is 655 g/mol. The van der Waals surface area contributed by atoms with Gasteiger partial charge in [0.15, 0.2) is 34.5 Å². The van der Waals surface area contributed by atoms with Crippen LogP contribution in [-0.2, 0) is 25.7 Å². The van der Waals surface area contributed by atoms with Crippen LogP contribution in [0.15, 0.2) is 54.6 Å². The molecule has 1 N–H and O–H groups in total. The normalized spacial score (nSPS) is 21.6. The second kappa shape index (κ2) is 12.4. The fourth-order valence-corrected chi connectivity index (χ4v) is 7.52. The van der Waals surface area contributed by atoms with Gasteiger partial charge in [0.25, 0.3) is 0 Å². The zero-order valence-electron chi connectivity index (χ0n) is 28.3. The van der Waals surface area contributed by atoms with Crippen LogP contribution in [0.25, 0.3) is 0 Å². The molecule has 252 valence electrons. The van der Waals surface area contributed by atoms with Crippen molar-refractivity contribution < 1.29 is 38.2 Å². The van der Waals surface area contributed by atoms with E-state index in [4.69, 9.17) is 28.4 Å². The molecule has 0 spiro atoms. The summed E-state index contributed by atoms with van der Waals surface area (Å²) in [6.07, 6.45) is 2.29. The van der Waals surface area contributed by atoms with Gasteiger partial charge in [-0.05, 0) is 73.0 Å². The fourth-order valence-electron chi connectivity index (χ4n) is 7.52. The van der Waals surface area contributed by atoms with Gasteiger partial charge in [-0.1, -0.05) is 18.2 Å². The van der Waals surface area contributed by atoms with E-state index in [1.54, 1.807) is 28.4 Å². The highest BCUT2D eigenvalue weighted by Crippen LogP contribution is 2.56. The van der Waals surface area contributed by atoms with E-state index in [0.717, 1.165) is 39.9 Å². The molecular formula is C38H42N2O8. The molecular weight excluding hydrogens is 612 g/mol. The first-order valence-corrected chi connectivity index (χ1v) is 16.2. The van der Waals surface area contributed by atoms with E-state index in [2.05, 4.69) is 24.1 Å². The Morgan fingerprint density at radius 1 is 0.812 bits per heavy atom. The van der Waals surface area contributed by atoms with Gasteiger partial charge in [-0.15, -0.1) is 0 Å². The van der Waals surface area contributed by atoms with Gasteiger partial charge < -0.3 is 43.4 Å². The lowest BCUT2D eigenvalue weighted by Crippen LogP contribution is -2.47. The van der Waals surface area contributed by atoms with Crippen LogP contribution >= 0.6 is 0 Å². The molecule has 0 saturated heterocycles. The van der Waals surface area contributed by atoms with Gasteiger partial charge in [0.2, 0.25) is 11.5 Å². The lowest BCUT2D eigenvalue weighted by molar-refractivity contribution is -0.894. The van der Waals surface area contributed by atoms with Crippen LogP contribution in [0.1, 0.15) is 45.5 Å². The molecule has 4 aromatic rings. The smallest absolute Gasteiger partial charge is 0.208 e. The van der Waals surface area contributed by atoms with Gasteiger partial charge in [-0.25, -0.2) is 0 Å². The van der Waals surface area contributed by atoms with Crippen molar-refractivity contribution in [3.63, 3.8) is 0 Å². The first kappa shape index (κ1) is 31.9. The predicted molar refractivity (Wildman–Crippen MR) is 181 cm³/mol. The zero-order chi connectivity index (χ0) is 33.7. The maximum absolute atomic E-state index is 14.2. The van der Waals surface area contributed by atoms with E-state index in [9.17, 15) is 10.3 Å². The Labute approximate surface area is 281 Å². The van der Waals surface area contributed by atoms with Crippen LogP contribution in [-0.4, -0.2) is 70.3 Å². The van der Waals surface area contributed by atoms with Crippen LogP contribution < -0.4 is 28.4 Å². The van der Waals surface area contributed by atoms with Crippen molar-refractivity contribution >= 4 is 0 Å². The summed E-state index contributed by atoms with van der Waals surface area (Å²) in [5, 5.41) is 25.7. The summed E-state index contributed by atoms with van der Waals surface area (Å²) < 4.78 is 36.1. The highest BCUT2D eigenvalue weighted by atomic mass is 16.6. The largest absolute Gasteiger partial charge is 0.633 e. The van der Waals surface area contributed by atoms with Crippen molar-refractivity contribution in [2.45, 2.75) is 37.8 Å². The summed E-state index contributed by atoms with van der Waals surface area (Å²) in [6.45, 7) is 1.15. The molecule has 10 nitrogen and oxygen atoms in total. The first-order valence-electron chi connectivity index (χ1n) is 16.2. The molecule has 0 aromatic heterocycles. The Hall–Kier alpha value is -4.64. The highest BCUT2D eigenvalue weighted by molar-refractivity contribution is 5.69. The zero-order valence-corrected chi connectivity index (χ0v) is 28.3. The monoisotopic (exact) mass is 654 g/mol. The number of nitrogens with zero attached hydrogens (tertiary/aromatic N) is 2. The number of hydrogen-bond acceptors (Lipinski definition) is 9. The number of phenolic OH excluding ortho intramolecular Hbond substituents is 1. The van der Waals surface area contributed by atoms with Gasteiger partial charge in [0, 0.05) is 42.1 Å². The van der Waals surface area contributed by atoms with Crippen molar-refractivity contribution in [1.29, 1.82) is 0 Å². The SMILES string of the molecule is COc1ccc2cc1Oc1ccc(cc1)C[C@H]1c3c(c(O)c(OC)c(OC)c3Oc3cc4c(cc3OC)CC[N+](C)([O-])[C@H]4C2)CCN1C. The molecule has 3 atom stereocenters. The first-order chi connectivity index (χ1) is 23.1. The van der Waals surface area contributed by atoms with Gasteiger partial charge in [-0.3, -0.25) is 4.90 Å². The molecule has 0 fully saturated rings. The van der Waals surface area contributed by atoms with Crippen LogP contribution in [0.5, 0.6) is 51.7 Å². The number of fused-ring (bicyclic) bond motifs is 2. The summed E-state index contributed by atoms with van der Waals surface area (Å²) >= 11 is 0. The molecule has 48 heavy (non-hydrogen) atoms. The summed E-state index contributed by atoms with van der Waals surface area (Å²) in [7, 11) is 10.1. The molecule has 4 aliphatic rings. The number of likely N-dealkylation sites (N-methyl/N-ethyl adjacent to an activating group) is 2. The number of benzene rings is 4. The van der Waals surface area contributed by atoms with Gasteiger partial charge in [0.1, 0.15) is 11.8 Å². The molecule has 10 heteroatoms. The molecule has 0 saturated carbocycles. The molecule has 4 aromatic carbocycles. The van der Waals surface area contributed by atoms with Crippen molar-refractivity contribution in [3.05, 3.63) is 93.2 Å². The molecule has 0 amide bonds. The van der Waals surface area contributed by atoms with Gasteiger partial charge in [0.05, 0.1) is 42.0 Å². The summed E-state index contributed by atoms with van der Waals surface area (Å²) in [5.74, 6) is 3.86. The second-order valence-electron chi connectivity index (χ2n) is 13.0.